The van der Waals surface area contributed by atoms with Crippen LogP contribution in [0.2, 0.25) is 0 Å². The maximum absolute atomic E-state index is 14.5. The Morgan fingerprint density at radius 2 is 0.667 bits per heavy atom. The molecule has 2 heterocycles. The Hall–Kier alpha value is -6.77. The normalized spacial score (nSPS) is 11.6. The van der Waals surface area contributed by atoms with Crippen LogP contribution >= 0.6 is 0 Å². The molecule has 0 saturated carbocycles. The van der Waals surface area contributed by atoms with Crippen molar-refractivity contribution < 1.29 is 0 Å². The lowest BCUT2D eigenvalue weighted by Crippen LogP contribution is -2.13. The fourth-order valence-corrected chi connectivity index (χ4v) is 7.81. The average Bonchev–Trinajstić information content (AvgIpc) is 3.55. The largest absolute Gasteiger partial charge is 0.275 e. The summed E-state index contributed by atoms with van der Waals surface area (Å²) in [6.07, 6.45) is 0. The molecule has 8 aromatic carbocycles. The first kappa shape index (κ1) is 29.2. The van der Waals surface area contributed by atoms with Gasteiger partial charge in [-0.1, -0.05) is 140 Å². The predicted octanol–water partition coefficient (Wildman–Crippen LogP) is 12.5. The van der Waals surface area contributed by atoms with E-state index >= 15 is 0 Å². The zero-order valence-corrected chi connectivity index (χ0v) is 27.8. The van der Waals surface area contributed by atoms with Gasteiger partial charge in [0.1, 0.15) is 0 Å². The maximum Gasteiger partial charge on any atom is 0.263 e. The molecular formula is C49H31NO. The Morgan fingerprint density at radius 3 is 1.24 bits per heavy atom. The lowest BCUT2D eigenvalue weighted by Gasteiger charge is -2.12. The maximum atomic E-state index is 14.5. The third-order valence-corrected chi connectivity index (χ3v) is 10.3. The summed E-state index contributed by atoms with van der Waals surface area (Å²) in [7, 11) is 0. The zero-order chi connectivity index (χ0) is 33.9. The van der Waals surface area contributed by atoms with Gasteiger partial charge in [-0.2, -0.15) is 0 Å². The van der Waals surface area contributed by atoms with Crippen LogP contribution in [0.25, 0.3) is 93.6 Å². The van der Waals surface area contributed by atoms with Crippen LogP contribution in [0.1, 0.15) is 0 Å². The molecule has 10 aromatic rings. The summed E-state index contributed by atoms with van der Waals surface area (Å²) in [6, 6.07) is 66.3. The second-order valence-corrected chi connectivity index (χ2v) is 13.3. The van der Waals surface area contributed by atoms with E-state index in [1.54, 1.807) is 0 Å². The highest BCUT2D eigenvalue weighted by atomic mass is 16.1. The molecule has 0 aliphatic rings. The van der Waals surface area contributed by atoms with Crippen LogP contribution in [0.5, 0.6) is 0 Å². The summed E-state index contributed by atoms with van der Waals surface area (Å²) in [5.41, 5.74) is 13.4. The van der Waals surface area contributed by atoms with Gasteiger partial charge in [0.2, 0.25) is 0 Å². The molecule has 2 aromatic heterocycles. The molecule has 0 radical (unpaired) electrons. The van der Waals surface area contributed by atoms with Gasteiger partial charge in [0, 0.05) is 21.5 Å². The first-order valence-corrected chi connectivity index (χ1v) is 17.4. The molecule has 238 valence electrons. The van der Waals surface area contributed by atoms with Crippen LogP contribution in [-0.4, -0.2) is 4.40 Å². The number of hydrogen-bond donors (Lipinski definition) is 0. The molecule has 0 aliphatic carbocycles. The van der Waals surface area contributed by atoms with Crippen molar-refractivity contribution in [1.29, 1.82) is 0 Å². The Bertz CT molecular complexity index is 2960. The van der Waals surface area contributed by atoms with Gasteiger partial charge < -0.3 is 0 Å². The van der Waals surface area contributed by atoms with E-state index in [2.05, 4.69) is 170 Å². The summed E-state index contributed by atoms with van der Waals surface area (Å²) >= 11 is 0. The van der Waals surface area contributed by atoms with E-state index in [-0.39, 0.29) is 5.56 Å². The van der Waals surface area contributed by atoms with E-state index in [1.165, 1.54) is 22.3 Å². The van der Waals surface area contributed by atoms with Crippen LogP contribution < -0.4 is 5.56 Å². The molecular weight excluding hydrogens is 619 g/mol. The van der Waals surface area contributed by atoms with E-state index in [1.807, 2.05) is 22.6 Å². The number of hydrogen-bond acceptors (Lipinski definition) is 1. The summed E-state index contributed by atoms with van der Waals surface area (Å²) in [6.45, 7) is 0. The molecule has 2 nitrogen and oxygen atoms in total. The number of aromatic nitrogens is 1. The lowest BCUT2D eigenvalue weighted by molar-refractivity contribution is 1.21. The van der Waals surface area contributed by atoms with Gasteiger partial charge in [-0.15, -0.1) is 0 Å². The molecule has 10 rings (SSSR count). The Morgan fingerprint density at radius 1 is 0.275 bits per heavy atom. The van der Waals surface area contributed by atoms with Crippen LogP contribution in [0.3, 0.4) is 0 Å². The smallest absolute Gasteiger partial charge is 0.263 e. The van der Waals surface area contributed by atoms with Crippen LogP contribution in [0.15, 0.2) is 193 Å². The van der Waals surface area contributed by atoms with Crippen molar-refractivity contribution in [3.8, 4) is 55.6 Å². The lowest BCUT2D eigenvalue weighted by atomic mass is 9.94. The monoisotopic (exact) mass is 649 g/mol. The number of rotatable bonds is 5. The third kappa shape index (κ3) is 4.84. The Labute approximate surface area is 295 Å². The second kappa shape index (κ2) is 11.7. The molecule has 0 bridgehead atoms. The summed E-state index contributed by atoms with van der Waals surface area (Å²) in [5, 5.41) is 4.91. The predicted molar refractivity (Wildman–Crippen MR) is 215 cm³/mol. The summed E-state index contributed by atoms with van der Waals surface area (Å²) < 4.78 is 1.94. The second-order valence-electron chi connectivity index (χ2n) is 13.3. The fraction of sp³-hybridized carbons (Fsp3) is 0. The zero-order valence-electron chi connectivity index (χ0n) is 27.8. The standard InChI is InChI=1S/C49H31NO/c51-49-42-24-22-39(34-16-8-3-9-17-34)28-43(42)45-30-41(38-21-11-19-36(27-38)33-14-6-2-7-15-33)31-46-44-29-40(23-25-47(44)50(49)48(45)46)37-20-10-18-35(26-37)32-12-4-1-5-13-32/h1-31H. The van der Waals surface area contributed by atoms with E-state index in [9.17, 15) is 4.79 Å². The van der Waals surface area contributed by atoms with Crippen molar-refractivity contribution in [3.63, 3.8) is 0 Å². The quantitative estimate of drug-likeness (QED) is 0.170. The summed E-state index contributed by atoms with van der Waals surface area (Å²) in [4.78, 5) is 14.5. The van der Waals surface area contributed by atoms with Crippen molar-refractivity contribution in [2.75, 3.05) is 0 Å². The van der Waals surface area contributed by atoms with Gasteiger partial charge in [-0.25, -0.2) is 0 Å². The minimum absolute atomic E-state index is 0.00904. The topological polar surface area (TPSA) is 21.5 Å². The number of nitrogens with zero attached hydrogens (tertiary/aromatic N) is 1. The van der Waals surface area contributed by atoms with Gasteiger partial charge in [0.05, 0.1) is 11.0 Å². The highest BCUT2D eigenvalue weighted by Gasteiger charge is 2.20. The Balaban J connectivity index is 1.26. The molecule has 0 atom stereocenters. The molecule has 51 heavy (non-hydrogen) atoms. The molecule has 0 saturated heterocycles. The first-order valence-electron chi connectivity index (χ1n) is 17.4. The van der Waals surface area contributed by atoms with Gasteiger partial charge >= 0.3 is 0 Å². The number of fused-ring (bicyclic) bond motifs is 5. The molecule has 0 amide bonds. The van der Waals surface area contributed by atoms with Crippen LogP contribution in [-0.2, 0) is 0 Å². The van der Waals surface area contributed by atoms with Crippen LogP contribution in [0, 0.1) is 0 Å². The third-order valence-electron chi connectivity index (χ3n) is 10.3. The number of benzene rings is 8. The van der Waals surface area contributed by atoms with Crippen molar-refractivity contribution in [3.05, 3.63) is 198 Å². The van der Waals surface area contributed by atoms with E-state index in [0.29, 0.717) is 0 Å². The number of pyridine rings is 1. The highest BCUT2D eigenvalue weighted by Crippen LogP contribution is 2.41. The van der Waals surface area contributed by atoms with Gasteiger partial charge in [-0.3, -0.25) is 9.20 Å². The molecule has 0 spiro atoms. The van der Waals surface area contributed by atoms with E-state index in [0.717, 1.165) is 71.3 Å². The molecule has 0 N–H and O–H groups in total. The SMILES string of the molecule is O=c1c2ccc(-c3ccccc3)cc2c2cc(-c3cccc(-c4ccccc4)c3)cc3c4cc(-c5cccc(-c6ccccc6)c5)ccc4n1c23. The van der Waals surface area contributed by atoms with E-state index < -0.39 is 0 Å². The van der Waals surface area contributed by atoms with Crippen molar-refractivity contribution in [2.24, 2.45) is 0 Å². The van der Waals surface area contributed by atoms with Gasteiger partial charge in [0.15, 0.2) is 0 Å². The Kier molecular flexibility index (Phi) is 6.68. The minimum Gasteiger partial charge on any atom is -0.275 e. The minimum atomic E-state index is 0.00904. The first-order chi connectivity index (χ1) is 25.2. The summed E-state index contributed by atoms with van der Waals surface area (Å²) in [5.74, 6) is 0. The molecule has 0 unspecified atom stereocenters. The van der Waals surface area contributed by atoms with Crippen molar-refractivity contribution in [1.82, 2.24) is 4.40 Å². The molecule has 2 heteroatoms. The fourth-order valence-electron chi connectivity index (χ4n) is 7.81. The van der Waals surface area contributed by atoms with Crippen LogP contribution in [0.4, 0.5) is 0 Å². The molecule has 0 fully saturated rings. The van der Waals surface area contributed by atoms with Gasteiger partial charge in [0.25, 0.3) is 5.56 Å². The van der Waals surface area contributed by atoms with E-state index in [4.69, 9.17) is 0 Å². The van der Waals surface area contributed by atoms with Crippen molar-refractivity contribution in [2.45, 2.75) is 0 Å². The average molecular weight is 650 g/mol. The van der Waals surface area contributed by atoms with Crippen molar-refractivity contribution >= 4 is 38.0 Å². The highest BCUT2D eigenvalue weighted by molar-refractivity contribution is 6.22. The van der Waals surface area contributed by atoms with Gasteiger partial charge in [-0.05, 0) is 110 Å². The molecule has 0 aliphatic heterocycles.